The van der Waals surface area contributed by atoms with E-state index in [2.05, 4.69) is 15.6 Å². The number of hydrazone groups is 1. The van der Waals surface area contributed by atoms with Gasteiger partial charge in [-0.25, -0.2) is 9.07 Å². The fourth-order valence-electron chi connectivity index (χ4n) is 2.19. The van der Waals surface area contributed by atoms with E-state index in [-0.39, 0.29) is 10.9 Å². The highest BCUT2D eigenvalue weighted by molar-refractivity contribution is 7.80. The Morgan fingerprint density at radius 2 is 1.88 bits per heavy atom. The number of benzene rings is 2. The zero-order valence-electron chi connectivity index (χ0n) is 12.6. The van der Waals surface area contributed by atoms with Crippen molar-refractivity contribution in [3.63, 3.8) is 0 Å². The number of nitrogens with two attached hydrogens (primary N) is 1. The molecule has 0 aliphatic rings. The van der Waals surface area contributed by atoms with E-state index in [4.69, 9.17) is 18.0 Å². The third-order valence-electron chi connectivity index (χ3n) is 3.26. The largest absolute Gasteiger partial charge is 0.375 e. The topological polar surface area (TPSA) is 68.2 Å². The van der Waals surface area contributed by atoms with E-state index in [9.17, 15) is 4.39 Å². The molecular formula is C17H14FN5S. The minimum Gasteiger partial charge on any atom is -0.375 e. The predicted octanol–water partition coefficient (Wildman–Crippen LogP) is 2.85. The lowest BCUT2D eigenvalue weighted by molar-refractivity contribution is 0.628. The first-order valence-corrected chi connectivity index (χ1v) is 7.54. The van der Waals surface area contributed by atoms with Gasteiger partial charge in [0.15, 0.2) is 5.11 Å². The third-order valence-corrected chi connectivity index (χ3v) is 3.35. The van der Waals surface area contributed by atoms with Crippen LogP contribution >= 0.6 is 12.2 Å². The number of hydrogen-bond donors (Lipinski definition) is 2. The van der Waals surface area contributed by atoms with Gasteiger partial charge in [0.1, 0.15) is 11.5 Å². The van der Waals surface area contributed by atoms with Crippen molar-refractivity contribution in [2.45, 2.75) is 0 Å². The molecule has 1 aromatic heterocycles. The molecule has 3 aromatic rings. The Labute approximate surface area is 143 Å². The summed E-state index contributed by atoms with van der Waals surface area (Å²) in [5.41, 5.74) is 11.0. The van der Waals surface area contributed by atoms with Crippen molar-refractivity contribution in [2.24, 2.45) is 10.8 Å². The minimum atomic E-state index is -0.299. The Morgan fingerprint density at radius 3 is 2.54 bits per heavy atom. The van der Waals surface area contributed by atoms with Crippen molar-refractivity contribution < 1.29 is 4.39 Å². The van der Waals surface area contributed by atoms with Crippen LogP contribution in [-0.4, -0.2) is 21.1 Å². The Balaban J connectivity index is 2.04. The summed E-state index contributed by atoms with van der Waals surface area (Å²) >= 11 is 4.72. The van der Waals surface area contributed by atoms with Crippen molar-refractivity contribution in [3.05, 3.63) is 72.2 Å². The van der Waals surface area contributed by atoms with E-state index >= 15 is 0 Å². The van der Waals surface area contributed by atoms with Gasteiger partial charge in [-0.1, -0.05) is 18.2 Å². The normalized spacial score (nSPS) is 10.9. The van der Waals surface area contributed by atoms with Crippen molar-refractivity contribution in [2.75, 3.05) is 0 Å². The van der Waals surface area contributed by atoms with E-state index in [0.29, 0.717) is 5.69 Å². The molecule has 7 heteroatoms. The molecule has 5 nitrogen and oxygen atoms in total. The van der Waals surface area contributed by atoms with Gasteiger partial charge < -0.3 is 5.73 Å². The van der Waals surface area contributed by atoms with E-state index in [0.717, 1.165) is 16.8 Å². The molecule has 0 spiro atoms. The maximum absolute atomic E-state index is 13.2. The zero-order chi connectivity index (χ0) is 16.9. The first kappa shape index (κ1) is 15.8. The third kappa shape index (κ3) is 3.64. The number of hydrogen-bond acceptors (Lipinski definition) is 3. The second-order valence-corrected chi connectivity index (χ2v) is 5.39. The van der Waals surface area contributed by atoms with E-state index in [1.165, 1.54) is 12.1 Å². The molecule has 0 unspecified atom stereocenters. The number of nitrogens with one attached hydrogen (secondary N) is 1. The van der Waals surface area contributed by atoms with Crippen molar-refractivity contribution in [3.8, 4) is 16.9 Å². The van der Waals surface area contributed by atoms with Crippen molar-refractivity contribution in [1.29, 1.82) is 0 Å². The first-order valence-electron chi connectivity index (χ1n) is 7.13. The molecule has 3 N–H and O–H groups in total. The van der Waals surface area contributed by atoms with E-state index in [1.807, 2.05) is 36.5 Å². The summed E-state index contributed by atoms with van der Waals surface area (Å²) in [5, 5.41) is 8.65. The van der Waals surface area contributed by atoms with Crippen LogP contribution < -0.4 is 11.2 Å². The SMILES string of the molecule is NC(=S)NN=Cc1cn(-c2ccccc2)nc1-c1ccc(F)cc1. The molecule has 0 saturated heterocycles. The average molecular weight is 339 g/mol. The fraction of sp³-hybridized carbons (Fsp3) is 0. The van der Waals surface area contributed by atoms with E-state index < -0.39 is 0 Å². The highest BCUT2D eigenvalue weighted by Gasteiger charge is 2.11. The van der Waals surface area contributed by atoms with Gasteiger partial charge in [-0.05, 0) is 48.6 Å². The molecule has 3 rings (SSSR count). The van der Waals surface area contributed by atoms with Gasteiger partial charge >= 0.3 is 0 Å². The quantitative estimate of drug-likeness (QED) is 0.436. The number of halogens is 1. The van der Waals surface area contributed by atoms with Gasteiger partial charge in [0.05, 0.1) is 11.9 Å². The fourth-order valence-corrected chi connectivity index (χ4v) is 2.24. The Kier molecular flexibility index (Phi) is 4.62. The molecule has 0 saturated carbocycles. The molecule has 0 aliphatic carbocycles. The van der Waals surface area contributed by atoms with Crippen LogP contribution in [0.15, 0.2) is 65.9 Å². The summed E-state index contributed by atoms with van der Waals surface area (Å²) in [7, 11) is 0. The monoisotopic (exact) mass is 339 g/mol. The lowest BCUT2D eigenvalue weighted by atomic mass is 10.1. The number of thiocarbonyl (C=S) groups is 1. The van der Waals surface area contributed by atoms with Crippen LogP contribution in [0.4, 0.5) is 4.39 Å². The summed E-state index contributed by atoms with van der Waals surface area (Å²) in [6, 6.07) is 15.8. The smallest absolute Gasteiger partial charge is 0.184 e. The van der Waals surface area contributed by atoms with Crippen LogP contribution in [0.2, 0.25) is 0 Å². The standard InChI is InChI=1S/C17H14FN5S/c18-14-8-6-12(7-9-14)16-13(10-20-21-17(19)24)11-23(22-16)15-4-2-1-3-5-15/h1-11H,(H3,19,21,24). The van der Waals surface area contributed by atoms with Crippen LogP contribution in [0.3, 0.4) is 0 Å². The molecule has 0 aliphatic heterocycles. The number of nitrogens with zero attached hydrogens (tertiary/aromatic N) is 3. The number of para-hydroxylation sites is 1. The summed E-state index contributed by atoms with van der Waals surface area (Å²) < 4.78 is 14.9. The molecule has 24 heavy (non-hydrogen) atoms. The van der Waals surface area contributed by atoms with Gasteiger partial charge in [0.25, 0.3) is 0 Å². The maximum Gasteiger partial charge on any atom is 0.184 e. The molecule has 120 valence electrons. The second kappa shape index (κ2) is 7.01. The van der Waals surface area contributed by atoms with Crippen LogP contribution in [-0.2, 0) is 0 Å². The highest BCUT2D eigenvalue weighted by Crippen LogP contribution is 2.23. The summed E-state index contributed by atoms with van der Waals surface area (Å²) in [4.78, 5) is 0. The Morgan fingerprint density at radius 1 is 1.17 bits per heavy atom. The zero-order valence-corrected chi connectivity index (χ0v) is 13.4. The summed E-state index contributed by atoms with van der Waals surface area (Å²) in [6.07, 6.45) is 3.41. The van der Waals surface area contributed by atoms with Crippen LogP contribution in [0, 0.1) is 5.82 Å². The average Bonchev–Trinajstić information content (AvgIpc) is 3.00. The number of aromatic nitrogens is 2. The highest BCUT2D eigenvalue weighted by atomic mass is 32.1. The summed E-state index contributed by atoms with van der Waals surface area (Å²) in [5.74, 6) is -0.299. The van der Waals surface area contributed by atoms with Crippen LogP contribution in [0.1, 0.15) is 5.56 Å². The molecule has 0 atom stereocenters. The first-order chi connectivity index (χ1) is 11.6. The van der Waals surface area contributed by atoms with Gasteiger partial charge in [0.2, 0.25) is 0 Å². The molecule has 0 fully saturated rings. The van der Waals surface area contributed by atoms with Crippen molar-refractivity contribution in [1.82, 2.24) is 15.2 Å². The molecule has 1 heterocycles. The van der Waals surface area contributed by atoms with Crippen molar-refractivity contribution >= 4 is 23.5 Å². The lowest BCUT2D eigenvalue weighted by Crippen LogP contribution is -2.24. The molecular weight excluding hydrogens is 325 g/mol. The van der Waals surface area contributed by atoms with Crippen LogP contribution in [0.5, 0.6) is 0 Å². The molecule has 0 radical (unpaired) electrons. The molecule has 0 amide bonds. The van der Waals surface area contributed by atoms with Gasteiger partial charge in [-0.15, -0.1) is 0 Å². The molecule has 2 aromatic carbocycles. The minimum absolute atomic E-state index is 0.0741. The summed E-state index contributed by atoms with van der Waals surface area (Å²) in [6.45, 7) is 0. The van der Waals surface area contributed by atoms with Gasteiger partial charge in [0, 0.05) is 17.3 Å². The second-order valence-electron chi connectivity index (χ2n) is 4.95. The van der Waals surface area contributed by atoms with E-state index in [1.54, 1.807) is 23.0 Å². The lowest BCUT2D eigenvalue weighted by Gasteiger charge is -2.00. The number of rotatable bonds is 4. The van der Waals surface area contributed by atoms with Gasteiger partial charge in [-0.3, -0.25) is 5.43 Å². The Hall–Kier alpha value is -3.06. The maximum atomic E-state index is 13.2. The van der Waals surface area contributed by atoms with Crippen LogP contribution in [0.25, 0.3) is 16.9 Å². The van der Waals surface area contributed by atoms with Gasteiger partial charge in [-0.2, -0.15) is 10.2 Å². The molecule has 0 bridgehead atoms. The Bertz CT molecular complexity index is 872. The predicted molar refractivity (Wildman–Crippen MR) is 96.5 cm³/mol.